The molecule has 0 saturated carbocycles. The van der Waals surface area contributed by atoms with Gasteiger partial charge in [-0.1, -0.05) is 11.8 Å². The summed E-state index contributed by atoms with van der Waals surface area (Å²) in [6, 6.07) is 0. The van der Waals surface area contributed by atoms with Gasteiger partial charge in [0.05, 0.1) is 12.3 Å². The van der Waals surface area contributed by atoms with Gasteiger partial charge in [-0.2, -0.15) is 0 Å². The molecule has 0 atom stereocenters. The van der Waals surface area contributed by atoms with Gasteiger partial charge in [-0.15, -0.1) is 11.3 Å². The molecule has 17 heavy (non-hydrogen) atoms. The smallest absolute Gasteiger partial charge is 0.313 e. The first-order valence-electron chi connectivity index (χ1n) is 4.92. The van der Waals surface area contributed by atoms with Crippen LogP contribution in [0.2, 0.25) is 0 Å². The minimum atomic E-state index is -0.837. The summed E-state index contributed by atoms with van der Waals surface area (Å²) in [5.74, 6) is -0.814. The van der Waals surface area contributed by atoms with Gasteiger partial charge < -0.3 is 9.67 Å². The van der Waals surface area contributed by atoms with E-state index in [1.165, 1.54) is 11.8 Å². The number of thioether (sulfide) groups is 1. The van der Waals surface area contributed by atoms with E-state index in [0.717, 1.165) is 15.9 Å². The van der Waals surface area contributed by atoms with Gasteiger partial charge >= 0.3 is 5.97 Å². The van der Waals surface area contributed by atoms with Crippen LogP contribution in [0.1, 0.15) is 10.7 Å². The van der Waals surface area contributed by atoms with E-state index in [0.29, 0.717) is 6.54 Å². The minimum absolute atomic E-state index is 0.0221. The van der Waals surface area contributed by atoms with Crippen molar-refractivity contribution in [3.05, 3.63) is 28.5 Å². The molecule has 0 aromatic carbocycles. The lowest BCUT2D eigenvalue weighted by Crippen LogP contribution is -2.05. The Balaban J connectivity index is 2.14. The number of carboxylic acids is 1. The number of aryl methyl sites for hydroxylation is 1. The summed E-state index contributed by atoms with van der Waals surface area (Å²) >= 11 is 2.80. The molecule has 0 amide bonds. The summed E-state index contributed by atoms with van der Waals surface area (Å²) in [7, 11) is 0. The van der Waals surface area contributed by atoms with Crippen LogP contribution in [-0.2, 0) is 11.3 Å². The lowest BCUT2D eigenvalue weighted by atomic mass is 10.5. The van der Waals surface area contributed by atoms with Crippen LogP contribution in [0.3, 0.4) is 0 Å². The molecule has 90 valence electrons. The van der Waals surface area contributed by atoms with Crippen LogP contribution in [0.4, 0.5) is 0 Å². The first kappa shape index (κ1) is 12.1. The van der Waals surface area contributed by atoms with Crippen LogP contribution < -0.4 is 0 Å². The first-order valence-corrected chi connectivity index (χ1v) is 6.78. The Morgan fingerprint density at radius 1 is 1.59 bits per heavy atom. The Morgan fingerprint density at radius 2 is 2.41 bits per heavy atom. The number of hydrogen-bond donors (Lipinski definition) is 1. The molecular formula is C10H11N3O2S2. The van der Waals surface area contributed by atoms with Crippen molar-refractivity contribution in [3.63, 3.8) is 0 Å². The number of hydrogen-bond acceptors (Lipinski definition) is 5. The van der Waals surface area contributed by atoms with Gasteiger partial charge in [-0.05, 0) is 6.92 Å². The number of aliphatic carboxylic acids is 1. The second-order valence-corrected chi connectivity index (χ2v) is 5.30. The first-order chi connectivity index (χ1) is 8.16. The lowest BCUT2D eigenvalue weighted by molar-refractivity contribution is -0.133. The maximum atomic E-state index is 10.5. The molecule has 7 heteroatoms. The van der Waals surface area contributed by atoms with E-state index in [2.05, 4.69) is 9.97 Å². The number of carbonyl (C=O) groups is 1. The Kier molecular flexibility index (Phi) is 3.80. The molecule has 0 spiro atoms. The van der Waals surface area contributed by atoms with Gasteiger partial charge in [0.1, 0.15) is 5.01 Å². The van der Waals surface area contributed by atoms with Gasteiger partial charge in [0.25, 0.3) is 0 Å². The molecule has 2 aromatic rings. The topological polar surface area (TPSA) is 68.0 Å². The van der Waals surface area contributed by atoms with E-state index in [4.69, 9.17) is 5.11 Å². The van der Waals surface area contributed by atoms with Crippen molar-refractivity contribution in [3.8, 4) is 0 Å². The van der Waals surface area contributed by atoms with Crippen molar-refractivity contribution in [2.24, 2.45) is 0 Å². The van der Waals surface area contributed by atoms with Crippen LogP contribution >= 0.6 is 23.1 Å². The van der Waals surface area contributed by atoms with Crippen molar-refractivity contribution in [2.75, 3.05) is 5.75 Å². The number of thiazole rings is 1. The molecule has 1 N–H and O–H groups in total. The van der Waals surface area contributed by atoms with Crippen molar-refractivity contribution >= 4 is 29.1 Å². The zero-order valence-electron chi connectivity index (χ0n) is 9.16. The Bertz CT molecular complexity index is 508. The molecule has 0 aliphatic carbocycles. The van der Waals surface area contributed by atoms with E-state index in [1.54, 1.807) is 23.7 Å². The molecule has 2 rings (SSSR count). The third kappa shape index (κ3) is 3.07. The highest BCUT2D eigenvalue weighted by atomic mass is 32.2. The van der Waals surface area contributed by atoms with Crippen molar-refractivity contribution < 1.29 is 9.90 Å². The van der Waals surface area contributed by atoms with Crippen LogP contribution in [0.5, 0.6) is 0 Å². The highest BCUT2D eigenvalue weighted by Crippen LogP contribution is 2.20. The highest BCUT2D eigenvalue weighted by Gasteiger charge is 2.10. The quantitative estimate of drug-likeness (QED) is 0.839. The van der Waals surface area contributed by atoms with E-state index < -0.39 is 5.97 Å². The number of nitrogens with zero attached hydrogens (tertiary/aromatic N) is 3. The largest absolute Gasteiger partial charge is 0.481 e. The van der Waals surface area contributed by atoms with Gasteiger partial charge in [0, 0.05) is 23.5 Å². The van der Waals surface area contributed by atoms with Crippen molar-refractivity contribution in [1.82, 2.24) is 14.5 Å². The molecule has 0 aliphatic rings. The molecule has 2 heterocycles. The maximum absolute atomic E-state index is 10.5. The summed E-state index contributed by atoms with van der Waals surface area (Å²) in [6.45, 7) is 2.59. The Morgan fingerprint density at radius 3 is 3.06 bits per heavy atom. The molecule has 5 nitrogen and oxygen atoms in total. The molecule has 2 aromatic heterocycles. The fourth-order valence-electron chi connectivity index (χ4n) is 1.34. The van der Waals surface area contributed by atoms with Crippen LogP contribution in [0.15, 0.2) is 22.9 Å². The van der Waals surface area contributed by atoms with Crippen LogP contribution in [0, 0.1) is 6.92 Å². The van der Waals surface area contributed by atoms with Gasteiger partial charge in [-0.25, -0.2) is 9.97 Å². The van der Waals surface area contributed by atoms with Gasteiger partial charge in [0.2, 0.25) is 0 Å². The second kappa shape index (κ2) is 5.33. The van der Waals surface area contributed by atoms with Crippen molar-refractivity contribution in [2.45, 2.75) is 18.6 Å². The fourth-order valence-corrected chi connectivity index (χ4v) is 2.69. The minimum Gasteiger partial charge on any atom is -0.481 e. The normalized spacial score (nSPS) is 10.6. The summed E-state index contributed by atoms with van der Waals surface area (Å²) in [6.07, 6.45) is 3.51. The standard InChI is InChI=1S/C10H11N3O2S2/c1-7-4-12-10(17-6-9(14)15)13(7)5-8-11-2-3-16-8/h2-4H,5-6H2,1H3,(H,14,15). The fraction of sp³-hybridized carbons (Fsp3) is 0.300. The lowest BCUT2D eigenvalue weighted by Gasteiger charge is -2.06. The molecular weight excluding hydrogens is 258 g/mol. The number of aromatic nitrogens is 3. The monoisotopic (exact) mass is 269 g/mol. The van der Waals surface area contributed by atoms with Crippen LogP contribution in [0.25, 0.3) is 0 Å². The average Bonchev–Trinajstić information content (AvgIpc) is 2.89. The Hall–Kier alpha value is -1.34. The van der Waals surface area contributed by atoms with Crippen LogP contribution in [-0.4, -0.2) is 31.4 Å². The van der Waals surface area contributed by atoms with E-state index in [1.807, 2.05) is 16.9 Å². The molecule has 0 unspecified atom stereocenters. The Labute approximate surface area is 107 Å². The summed E-state index contributed by atoms with van der Waals surface area (Å²) < 4.78 is 1.98. The van der Waals surface area contributed by atoms with Gasteiger partial charge in [-0.3, -0.25) is 4.79 Å². The summed E-state index contributed by atoms with van der Waals surface area (Å²) in [5, 5.41) is 12.3. The predicted molar refractivity (Wildman–Crippen MR) is 66.5 cm³/mol. The molecule has 0 saturated heterocycles. The molecule has 0 fully saturated rings. The van der Waals surface area contributed by atoms with E-state index in [-0.39, 0.29) is 5.75 Å². The predicted octanol–water partition coefficient (Wildman–Crippen LogP) is 1.87. The number of rotatable bonds is 5. The second-order valence-electron chi connectivity index (χ2n) is 3.38. The zero-order chi connectivity index (χ0) is 12.3. The number of carboxylic acid groups (broad SMARTS) is 1. The molecule has 0 aliphatic heterocycles. The summed E-state index contributed by atoms with van der Waals surface area (Å²) in [4.78, 5) is 19.0. The maximum Gasteiger partial charge on any atom is 0.313 e. The zero-order valence-corrected chi connectivity index (χ0v) is 10.8. The average molecular weight is 269 g/mol. The van der Waals surface area contributed by atoms with Crippen molar-refractivity contribution in [1.29, 1.82) is 0 Å². The van der Waals surface area contributed by atoms with E-state index in [9.17, 15) is 4.79 Å². The third-order valence-electron chi connectivity index (χ3n) is 2.12. The molecule has 0 bridgehead atoms. The van der Waals surface area contributed by atoms with E-state index >= 15 is 0 Å². The number of imidazole rings is 1. The highest BCUT2D eigenvalue weighted by molar-refractivity contribution is 7.99. The summed E-state index contributed by atoms with van der Waals surface area (Å²) in [5.41, 5.74) is 1.01. The van der Waals surface area contributed by atoms with Gasteiger partial charge in [0.15, 0.2) is 5.16 Å². The molecule has 0 radical (unpaired) electrons. The SMILES string of the molecule is Cc1cnc(SCC(=O)O)n1Cc1nccs1. The third-order valence-corrected chi connectivity index (χ3v) is 3.86.